The summed E-state index contributed by atoms with van der Waals surface area (Å²) in [7, 11) is 0. The van der Waals surface area contributed by atoms with Gasteiger partial charge in [-0.05, 0) is 0 Å². The molecule has 0 spiro atoms. The van der Waals surface area contributed by atoms with Crippen molar-refractivity contribution < 1.29 is 36.2 Å². The number of hydrogen-bond donors (Lipinski definition) is 4. The molecule has 0 heterocycles. The molecule has 0 saturated carbocycles. The SMILES string of the molecule is CC(=O)Nc1cc([As](=O)(O)OC(=O)c2cc(C)cc(C(=O)O)c2)ccc1O. The molecule has 142 valence electrons. The third kappa shape index (κ3) is 4.99. The van der Waals surface area contributed by atoms with Gasteiger partial charge in [0.15, 0.2) is 0 Å². The zero-order valence-corrected chi connectivity index (χ0v) is 16.2. The maximum atomic E-state index is 12.5. The van der Waals surface area contributed by atoms with Crippen molar-refractivity contribution >= 4 is 42.1 Å². The number of carboxylic acids is 1. The van der Waals surface area contributed by atoms with Crippen LogP contribution >= 0.6 is 0 Å². The summed E-state index contributed by atoms with van der Waals surface area (Å²) in [5, 5.41) is 21.0. The third-order valence-electron chi connectivity index (χ3n) is 3.38. The number of rotatable bonds is 5. The van der Waals surface area contributed by atoms with Crippen molar-refractivity contribution in [1.29, 1.82) is 0 Å². The molecule has 2 aromatic rings. The Kier molecular flexibility index (Phi) is 5.78. The molecule has 2 rings (SSSR count). The number of aromatic carboxylic acids is 1. The summed E-state index contributed by atoms with van der Waals surface area (Å²) in [4.78, 5) is 34.4. The Morgan fingerprint density at radius 1 is 1.07 bits per heavy atom. The van der Waals surface area contributed by atoms with Crippen LogP contribution < -0.4 is 9.67 Å². The van der Waals surface area contributed by atoms with Gasteiger partial charge in [-0.15, -0.1) is 0 Å². The molecule has 2 aromatic carbocycles. The van der Waals surface area contributed by atoms with E-state index in [4.69, 9.17) is 8.83 Å². The quantitative estimate of drug-likeness (QED) is 0.396. The van der Waals surface area contributed by atoms with Crippen LogP contribution in [0.5, 0.6) is 5.75 Å². The van der Waals surface area contributed by atoms with E-state index >= 15 is 0 Å². The molecule has 1 unspecified atom stereocenters. The van der Waals surface area contributed by atoms with Gasteiger partial charge in [0.1, 0.15) is 0 Å². The van der Waals surface area contributed by atoms with Crippen molar-refractivity contribution in [3.63, 3.8) is 0 Å². The third-order valence-corrected chi connectivity index (χ3v) is 6.20. The summed E-state index contributed by atoms with van der Waals surface area (Å²) in [6.45, 7) is 2.75. The van der Waals surface area contributed by atoms with Gasteiger partial charge >= 0.3 is 156 Å². The van der Waals surface area contributed by atoms with E-state index in [1.165, 1.54) is 19.1 Å². The minimum absolute atomic E-state index is 0.115. The monoisotopic (exact) mass is 437 g/mol. The number of phenols is 1. The molecule has 1 atom stereocenters. The van der Waals surface area contributed by atoms with Crippen LogP contribution in [0.15, 0.2) is 36.4 Å². The van der Waals surface area contributed by atoms with Crippen molar-refractivity contribution in [1.82, 2.24) is 0 Å². The second kappa shape index (κ2) is 7.69. The first-order chi connectivity index (χ1) is 12.5. The topological polar surface area (TPSA) is 150 Å². The van der Waals surface area contributed by atoms with Crippen molar-refractivity contribution in [3.05, 3.63) is 53.1 Å². The molecule has 0 aliphatic carbocycles. The Labute approximate surface area is 156 Å². The fourth-order valence-electron chi connectivity index (χ4n) is 2.23. The second-order valence-electron chi connectivity index (χ2n) is 5.67. The van der Waals surface area contributed by atoms with Gasteiger partial charge in [-0.1, -0.05) is 0 Å². The first-order valence-corrected chi connectivity index (χ1v) is 10.8. The molecule has 0 saturated heterocycles. The Bertz CT molecular complexity index is 985. The Balaban J connectivity index is 2.33. The van der Waals surface area contributed by atoms with Crippen LogP contribution in [0.25, 0.3) is 0 Å². The van der Waals surface area contributed by atoms with E-state index in [1.807, 2.05) is 0 Å². The van der Waals surface area contributed by atoms with E-state index in [0.29, 0.717) is 5.56 Å². The summed E-state index contributed by atoms with van der Waals surface area (Å²) >= 11 is -5.40. The molecule has 27 heavy (non-hydrogen) atoms. The summed E-state index contributed by atoms with van der Waals surface area (Å²) in [6.07, 6.45) is 0. The summed E-state index contributed by atoms with van der Waals surface area (Å²) < 4.78 is 27.2. The van der Waals surface area contributed by atoms with E-state index in [-0.39, 0.29) is 26.9 Å². The molecule has 0 radical (unpaired) electrons. The van der Waals surface area contributed by atoms with Gasteiger partial charge in [0.2, 0.25) is 0 Å². The summed E-state index contributed by atoms with van der Waals surface area (Å²) in [5.74, 6) is -3.27. The maximum absolute atomic E-state index is 12.5. The van der Waals surface area contributed by atoms with E-state index in [0.717, 1.165) is 24.3 Å². The molecular weight excluding hydrogens is 421 g/mol. The van der Waals surface area contributed by atoms with E-state index in [2.05, 4.69) is 5.32 Å². The Morgan fingerprint density at radius 3 is 2.30 bits per heavy atom. The molecule has 0 fully saturated rings. The predicted octanol–water partition coefficient (Wildman–Crippen LogP) is 0.783. The van der Waals surface area contributed by atoms with Crippen molar-refractivity contribution in [2.24, 2.45) is 0 Å². The number of phenolic OH excluding ortho intramolecular Hbond substituents is 1. The minimum atomic E-state index is -5.40. The fourth-order valence-corrected chi connectivity index (χ4v) is 4.31. The number of carbonyl (C=O) groups excluding carboxylic acids is 2. The van der Waals surface area contributed by atoms with Crippen molar-refractivity contribution in [3.8, 4) is 5.75 Å². The molecule has 0 aliphatic heterocycles. The Hall–Kier alpha value is -3.03. The first kappa shape index (κ1) is 20.3. The second-order valence-corrected chi connectivity index (χ2v) is 9.32. The van der Waals surface area contributed by atoms with Crippen molar-refractivity contribution in [2.75, 3.05) is 5.32 Å². The van der Waals surface area contributed by atoms with Gasteiger partial charge in [-0.25, -0.2) is 0 Å². The number of nitrogens with one attached hydrogen (secondary N) is 1. The van der Waals surface area contributed by atoms with E-state index < -0.39 is 32.0 Å². The number of hydrogen-bond acceptors (Lipinski definition) is 6. The Morgan fingerprint density at radius 2 is 1.70 bits per heavy atom. The molecule has 10 heteroatoms. The molecule has 0 aliphatic rings. The number of anilines is 1. The van der Waals surface area contributed by atoms with Crippen LogP contribution in [0.3, 0.4) is 0 Å². The van der Waals surface area contributed by atoms with Gasteiger partial charge in [0.25, 0.3) is 0 Å². The van der Waals surface area contributed by atoms with Crippen LogP contribution in [0, 0.1) is 6.92 Å². The number of carboxylic acid groups (broad SMARTS) is 1. The van der Waals surface area contributed by atoms with Crippen molar-refractivity contribution in [2.45, 2.75) is 13.8 Å². The molecule has 9 nitrogen and oxygen atoms in total. The average molecular weight is 437 g/mol. The predicted molar refractivity (Wildman–Crippen MR) is 94.3 cm³/mol. The van der Waals surface area contributed by atoms with Crippen LogP contribution in [-0.2, 0) is 12.3 Å². The van der Waals surface area contributed by atoms with Gasteiger partial charge in [0.05, 0.1) is 0 Å². The summed E-state index contributed by atoms with van der Waals surface area (Å²) in [6, 6.07) is 6.89. The molecule has 4 N–H and O–H groups in total. The van der Waals surface area contributed by atoms with Gasteiger partial charge in [-0.3, -0.25) is 0 Å². The van der Waals surface area contributed by atoms with E-state index in [1.54, 1.807) is 6.92 Å². The fraction of sp³-hybridized carbons (Fsp3) is 0.118. The molecule has 0 aromatic heterocycles. The number of carbonyl (C=O) groups is 3. The molecular formula is C17H16AsNO8. The summed E-state index contributed by atoms with van der Waals surface area (Å²) in [5.41, 5.74) is -0.0153. The van der Waals surface area contributed by atoms with Crippen LogP contribution in [0.4, 0.5) is 5.69 Å². The van der Waals surface area contributed by atoms with Gasteiger partial charge in [0, 0.05) is 0 Å². The first-order valence-electron chi connectivity index (χ1n) is 7.52. The molecule has 1 amide bonds. The molecule has 0 bridgehead atoms. The van der Waals surface area contributed by atoms with E-state index in [9.17, 15) is 27.3 Å². The number of aryl methyl sites for hydroxylation is 1. The van der Waals surface area contributed by atoms with Crippen LogP contribution in [0.2, 0.25) is 0 Å². The van der Waals surface area contributed by atoms with Gasteiger partial charge in [-0.2, -0.15) is 0 Å². The zero-order valence-electron chi connectivity index (χ0n) is 14.3. The average Bonchev–Trinajstić information content (AvgIpc) is 2.55. The standard InChI is InChI=1S/C17H16AsNO8/c1-9-5-11(16(22)23)7-12(6-9)17(24)27-18(25,26)13-3-4-15(21)14(8-13)19-10(2)20/h3-8,21H,1-2H3,(H,19,20)(H,22,23)(H,25,26). The normalized spacial score (nSPS) is 12.7. The zero-order chi connectivity index (χ0) is 20.4. The van der Waals surface area contributed by atoms with Gasteiger partial charge < -0.3 is 0 Å². The number of amides is 1. The van der Waals surface area contributed by atoms with Crippen LogP contribution in [0.1, 0.15) is 33.2 Å². The van der Waals surface area contributed by atoms with Crippen LogP contribution in [-0.4, -0.2) is 46.3 Å². The number of benzene rings is 2. The number of aromatic hydroxyl groups is 1.